The standard InChI is InChI=1S/C20H25NO4/c1-6-13-9-8-10-14(7-2)18(13)21-20(22)15-11-16(23-3)19(25-5)17(12-15)24-4/h8-12H,6-7H2,1-5H3,(H,21,22). The van der Waals surface area contributed by atoms with E-state index in [0.717, 1.165) is 29.7 Å². The molecule has 0 atom stereocenters. The molecule has 25 heavy (non-hydrogen) atoms. The van der Waals surface area contributed by atoms with Gasteiger partial charge in [0, 0.05) is 11.3 Å². The summed E-state index contributed by atoms with van der Waals surface area (Å²) in [6.07, 6.45) is 1.69. The Morgan fingerprint density at radius 3 is 1.84 bits per heavy atom. The molecule has 5 heteroatoms. The summed E-state index contributed by atoms with van der Waals surface area (Å²) in [5, 5.41) is 3.05. The minimum Gasteiger partial charge on any atom is -0.493 e. The topological polar surface area (TPSA) is 56.8 Å². The summed E-state index contributed by atoms with van der Waals surface area (Å²) in [5.41, 5.74) is 3.55. The van der Waals surface area contributed by atoms with Crippen molar-refractivity contribution in [3.05, 3.63) is 47.0 Å². The van der Waals surface area contributed by atoms with E-state index in [1.54, 1.807) is 12.1 Å². The lowest BCUT2D eigenvalue weighted by molar-refractivity contribution is 0.102. The molecular weight excluding hydrogens is 318 g/mol. The van der Waals surface area contributed by atoms with Crippen molar-refractivity contribution < 1.29 is 19.0 Å². The summed E-state index contributed by atoms with van der Waals surface area (Å²) in [7, 11) is 4.59. The van der Waals surface area contributed by atoms with Crippen LogP contribution in [0.4, 0.5) is 5.69 Å². The van der Waals surface area contributed by atoms with E-state index in [-0.39, 0.29) is 5.91 Å². The quantitative estimate of drug-likeness (QED) is 0.823. The Bertz CT molecular complexity index is 708. The number of rotatable bonds is 7. The molecule has 0 aliphatic rings. The van der Waals surface area contributed by atoms with Gasteiger partial charge < -0.3 is 19.5 Å². The Labute approximate surface area is 148 Å². The first kappa shape index (κ1) is 18.6. The van der Waals surface area contributed by atoms with Gasteiger partial charge >= 0.3 is 0 Å². The molecule has 0 aromatic heterocycles. The van der Waals surface area contributed by atoms with Crippen LogP contribution in [0.25, 0.3) is 0 Å². The minimum absolute atomic E-state index is 0.213. The molecule has 0 saturated heterocycles. The van der Waals surface area contributed by atoms with Crippen LogP contribution < -0.4 is 19.5 Å². The summed E-state index contributed by atoms with van der Waals surface area (Å²) in [6.45, 7) is 4.15. The van der Waals surface area contributed by atoms with Gasteiger partial charge in [-0.25, -0.2) is 0 Å². The number of hydrogen-bond donors (Lipinski definition) is 1. The number of anilines is 1. The predicted molar refractivity (Wildman–Crippen MR) is 99.2 cm³/mol. The molecule has 0 fully saturated rings. The molecule has 1 N–H and O–H groups in total. The second kappa shape index (κ2) is 8.42. The number of nitrogens with one attached hydrogen (secondary N) is 1. The van der Waals surface area contributed by atoms with Crippen molar-refractivity contribution >= 4 is 11.6 Å². The second-order valence-electron chi connectivity index (χ2n) is 5.53. The van der Waals surface area contributed by atoms with Gasteiger partial charge in [0.15, 0.2) is 11.5 Å². The average molecular weight is 343 g/mol. The Balaban J connectivity index is 2.43. The van der Waals surface area contributed by atoms with Gasteiger partial charge in [0.25, 0.3) is 5.91 Å². The largest absolute Gasteiger partial charge is 0.493 e. The van der Waals surface area contributed by atoms with Gasteiger partial charge in [0.1, 0.15) is 0 Å². The van der Waals surface area contributed by atoms with Crippen LogP contribution >= 0.6 is 0 Å². The highest BCUT2D eigenvalue weighted by Crippen LogP contribution is 2.38. The van der Waals surface area contributed by atoms with Gasteiger partial charge in [0.05, 0.1) is 21.3 Å². The molecule has 0 spiro atoms. The summed E-state index contributed by atoms with van der Waals surface area (Å²) in [6, 6.07) is 9.38. The monoisotopic (exact) mass is 343 g/mol. The summed E-state index contributed by atoms with van der Waals surface area (Å²) in [4.78, 5) is 12.8. The number of hydrogen-bond acceptors (Lipinski definition) is 4. The highest BCUT2D eigenvalue weighted by molar-refractivity contribution is 6.06. The molecule has 0 aliphatic heterocycles. The Kier molecular flexibility index (Phi) is 6.28. The van der Waals surface area contributed by atoms with E-state index in [2.05, 4.69) is 19.2 Å². The van der Waals surface area contributed by atoms with Gasteiger partial charge in [-0.2, -0.15) is 0 Å². The number of ether oxygens (including phenoxy) is 3. The van der Waals surface area contributed by atoms with Gasteiger partial charge in [-0.05, 0) is 36.1 Å². The maximum Gasteiger partial charge on any atom is 0.255 e. The van der Waals surface area contributed by atoms with Crippen LogP contribution in [-0.2, 0) is 12.8 Å². The van der Waals surface area contributed by atoms with E-state index in [0.29, 0.717) is 22.8 Å². The highest BCUT2D eigenvalue weighted by atomic mass is 16.5. The summed E-state index contributed by atoms with van der Waals surface area (Å²) >= 11 is 0. The first-order chi connectivity index (χ1) is 12.1. The van der Waals surface area contributed by atoms with Gasteiger partial charge in [-0.1, -0.05) is 32.0 Å². The zero-order valence-corrected chi connectivity index (χ0v) is 15.4. The van der Waals surface area contributed by atoms with E-state index in [9.17, 15) is 4.79 Å². The van der Waals surface area contributed by atoms with Crippen LogP contribution in [0, 0.1) is 0 Å². The molecule has 2 rings (SSSR count). The SMILES string of the molecule is CCc1cccc(CC)c1NC(=O)c1cc(OC)c(OC)c(OC)c1. The lowest BCUT2D eigenvalue weighted by atomic mass is 10.0. The molecule has 0 heterocycles. The summed E-state index contributed by atoms with van der Waals surface area (Å²) in [5.74, 6) is 1.15. The third kappa shape index (κ3) is 3.87. The number of amides is 1. The average Bonchev–Trinajstić information content (AvgIpc) is 2.66. The Morgan fingerprint density at radius 1 is 0.920 bits per heavy atom. The van der Waals surface area contributed by atoms with Crippen molar-refractivity contribution in [3.63, 3.8) is 0 Å². The van der Waals surface area contributed by atoms with Crippen molar-refractivity contribution in [1.82, 2.24) is 0 Å². The van der Waals surface area contributed by atoms with Crippen LogP contribution in [0.2, 0.25) is 0 Å². The van der Waals surface area contributed by atoms with Gasteiger partial charge in [-0.15, -0.1) is 0 Å². The third-order valence-corrected chi connectivity index (χ3v) is 4.16. The maximum atomic E-state index is 12.8. The fourth-order valence-electron chi connectivity index (χ4n) is 2.80. The molecule has 1 amide bonds. The molecule has 5 nitrogen and oxygen atoms in total. The second-order valence-corrected chi connectivity index (χ2v) is 5.53. The molecule has 0 aliphatic carbocycles. The number of para-hydroxylation sites is 1. The molecule has 134 valence electrons. The zero-order valence-electron chi connectivity index (χ0n) is 15.4. The van der Waals surface area contributed by atoms with Crippen LogP contribution in [0.3, 0.4) is 0 Å². The number of carbonyl (C=O) groups is 1. The zero-order chi connectivity index (χ0) is 18.4. The fourth-order valence-corrected chi connectivity index (χ4v) is 2.80. The van der Waals surface area contributed by atoms with Crippen LogP contribution in [-0.4, -0.2) is 27.2 Å². The van der Waals surface area contributed by atoms with Gasteiger partial charge in [0.2, 0.25) is 5.75 Å². The fraction of sp³-hybridized carbons (Fsp3) is 0.350. The normalized spacial score (nSPS) is 10.3. The van der Waals surface area contributed by atoms with Crippen molar-refractivity contribution in [2.24, 2.45) is 0 Å². The lowest BCUT2D eigenvalue weighted by Crippen LogP contribution is -2.15. The van der Waals surface area contributed by atoms with Crippen LogP contribution in [0.5, 0.6) is 17.2 Å². The number of carbonyl (C=O) groups excluding carboxylic acids is 1. The van der Waals surface area contributed by atoms with E-state index in [4.69, 9.17) is 14.2 Å². The third-order valence-electron chi connectivity index (χ3n) is 4.16. The molecule has 2 aromatic rings. The molecule has 0 radical (unpaired) electrons. The molecule has 0 unspecified atom stereocenters. The molecule has 0 bridgehead atoms. The van der Waals surface area contributed by atoms with Crippen molar-refractivity contribution in [2.75, 3.05) is 26.6 Å². The Morgan fingerprint density at radius 2 is 1.44 bits per heavy atom. The van der Waals surface area contributed by atoms with Crippen molar-refractivity contribution in [3.8, 4) is 17.2 Å². The summed E-state index contributed by atoms with van der Waals surface area (Å²) < 4.78 is 16.0. The van der Waals surface area contributed by atoms with E-state index in [1.807, 2.05) is 18.2 Å². The smallest absolute Gasteiger partial charge is 0.255 e. The Hall–Kier alpha value is -2.69. The van der Waals surface area contributed by atoms with E-state index in [1.165, 1.54) is 21.3 Å². The maximum absolute atomic E-state index is 12.8. The first-order valence-electron chi connectivity index (χ1n) is 8.31. The predicted octanol–water partition coefficient (Wildman–Crippen LogP) is 4.09. The highest BCUT2D eigenvalue weighted by Gasteiger charge is 2.18. The molecule has 2 aromatic carbocycles. The van der Waals surface area contributed by atoms with Crippen LogP contribution in [0.15, 0.2) is 30.3 Å². The minimum atomic E-state index is -0.213. The number of aryl methyl sites for hydroxylation is 2. The molecule has 0 saturated carbocycles. The first-order valence-corrected chi connectivity index (χ1v) is 8.31. The van der Waals surface area contributed by atoms with E-state index >= 15 is 0 Å². The van der Waals surface area contributed by atoms with Crippen molar-refractivity contribution in [1.29, 1.82) is 0 Å². The number of methoxy groups -OCH3 is 3. The molecular formula is C20H25NO4. The lowest BCUT2D eigenvalue weighted by Gasteiger charge is -2.16. The van der Waals surface area contributed by atoms with E-state index < -0.39 is 0 Å². The van der Waals surface area contributed by atoms with Crippen molar-refractivity contribution in [2.45, 2.75) is 26.7 Å². The van der Waals surface area contributed by atoms with Crippen LogP contribution in [0.1, 0.15) is 35.3 Å². The van der Waals surface area contributed by atoms with Gasteiger partial charge in [-0.3, -0.25) is 4.79 Å². The number of benzene rings is 2.